The smallest absolute Gasteiger partial charge is 0.236 e. The molecule has 0 bridgehead atoms. The maximum absolute atomic E-state index is 11.6. The van der Waals surface area contributed by atoms with Crippen molar-refractivity contribution >= 4 is 11.6 Å². The third-order valence-electron chi connectivity index (χ3n) is 4.05. The number of aryl methyl sites for hydroxylation is 1. The van der Waals surface area contributed by atoms with E-state index in [4.69, 9.17) is 5.73 Å². The van der Waals surface area contributed by atoms with Crippen molar-refractivity contribution in [3.63, 3.8) is 0 Å². The number of rotatable bonds is 3. The Labute approximate surface area is 121 Å². The molecule has 110 valence electrons. The number of carbonyl (C=O) groups excluding carboxylic acids is 1. The maximum atomic E-state index is 11.6. The van der Waals surface area contributed by atoms with E-state index in [-0.39, 0.29) is 12.5 Å². The molecule has 0 aromatic heterocycles. The van der Waals surface area contributed by atoms with E-state index in [0.717, 1.165) is 26.2 Å². The van der Waals surface area contributed by atoms with E-state index in [1.165, 1.54) is 16.8 Å². The molecule has 1 aliphatic heterocycles. The highest BCUT2D eigenvalue weighted by molar-refractivity contribution is 5.78. The molecule has 0 saturated carbocycles. The van der Waals surface area contributed by atoms with Gasteiger partial charge >= 0.3 is 0 Å². The van der Waals surface area contributed by atoms with E-state index < -0.39 is 0 Å². The molecule has 0 atom stereocenters. The molecule has 0 unspecified atom stereocenters. The van der Waals surface area contributed by atoms with Gasteiger partial charge in [-0.15, -0.1) is 0 Å². The Bertz CT molecular complexity index is 477. The van der Waals surface area contributed by atoms with Gasteiger partial charge in [0.1, 0.15) is 0 Å². The Morgan fingerprint density at radius 1 is 1.25 bits per heavy atom. The quantitative estimate of drug-likeness (QED) is 0.914. The van der Waals surface area contributed by atoms with Crippen LogP contribution in [0.2, 0.25) is 0 Å². The fourth-order valence-electron chi connectivity index (χ4n) is 2.65. The zero-order valence-electron chi connectivity index (χ0n) is 12.7. The molecule has 0 aliphatic carbocycles. The fraction of sp³-hybridized carbons (Fsp3) is 0.562. The summed E-state index contributed by atoms with van der Waals surface area (Å²) in [6, 6.07) is 6.69. The van der Waals surface area contributed by atoms with Crippen LogP contribution in [0.4, 0.5) is 5.69 Å². The molecule has 1 aromatic carbocycles. The van der Waals surface area contributed by atoms with Gasteiger partial charge in [0.05, 0.1) is 6.54 Å². The van der Waals surface area contributed by atoms with Gasteiger partial charge in [-0.3, -0.25) is 4.79 Å². The average Bonchev–Trinajstić information content (AvgIpc) is 2.47. The number of hydrogen-bond donors (Lipinski definition) is 1. The van der Waals surface area contributed by atoms with Gasteiger partial charge in [-0.25, -0.2) is 0 Å². The zero-order valence-corrected chi connectivity index (χ0v) is 12.7. The number of carbonyl (C=O) groups is 1. The van der Waals surface area contributed by atoms with Crippen LogP contribution in [-0.4, -0.2) is 43.5 Å². The molecule has 0 spiro atoms. The minimum Gasteiger partial charge on any atom is -0.368 e. The van der Waals surface area contributed by atoms with E-state index in [0.29, 0.717) is 5.92 Å². The van der Waals surface area contributed by atoms with Gasteiger partial charge in [0.25, 0.3) is 0 Å². The molecule has 1 fully saturated rings. The lowest BCUT2D eigenvalue weighted by molar-refractivity contribution is -0.129. The van der Waals surface area contributed by atoms with Gasteiger partial charge < -0.3 is 15.5 Å². The fourth-order valence-corrected chi connectivity index (χ4v) is 2.65. The minimum absolute atomic E-state index is 0.0531. The standard InChI is InChI=1S/C16H25N3O/c1-12(2)14-5-4-13(3)15(10-14)18-6-8-19(9-7-18)16(20)11-17/h4-5,10,12H,6-9,11,17H2,1-3H3. The topological polar surface area (TPSA) is 49.6 Å². The lowest BCUT2D eigenvalue weighted by atomic mass is 10.00. The molecule has 4 nitrogen and oxygen atoms in total. The van der Waals surface area contributed by atoms with Crippen LogP contribution in [0, 0.1) is 6.92 Å². The van der Waals surface area contributed by atoms with E-state index in [1.54, 1.807) is 0 Å². The summed E-state index contributed by atoms with van der Waals surface area (Å²) >= 11 is 0. The van der Waals surface area contributed by atoms with Crippen LogP contribution in [0.1, 0.15) is 30.9 Å². The van der Waals surface area contributed by atoms with Gasteiger partial charge in [0, 0.05) is 31.9 Å². The largest absolute Gasteiger partial charge is 0.368 e. The van der Waals surface area contributed by atoms with Crippen molar-refractivity contribution in [3.8, 4) is 0 Å². The van der Waals surface area contributed by atoms with Crippen LogP contribution in [0.5, 0.6) is 0 Å². The van der Waals surface area contributed by atoms with Crippen LogP contribution < -0.4 is 10.6 Å². The first-order valence-corrected chi connectivity index (χ1v) is 7.36. The van der Waals surface area contributed by atoms with E-state index in [1.807, 2.05) is 4.90 Å². The monoisotopic (exact) mass is 275 g/mol. The number of amides is 1. The highest BCUT2D eigenvalue weighted by atomic mass is 16.2. The second-order valence-electron chi connectivity index (χ2n) is 5.77. The first-order valence-electron chi connectivity index (χ1n) is 7.36. The van der Waals surface area contributed by atoms with Crippen molar-refractivity contribution in [2.24, 2.45) is 5.73 Å². The molecule has 1 aromatic rings. The van der Waals surface area contributed by atoms with Crippen molar-refractivity contribution in [1.82, 2.24) is 4.90 Å². The van der Waals surface area contributed by atoms with Crippen LogP contribution in [0.15, 0.2) is 18.2 Å². The first-order chi connectivity index (χ1) is 9.52. The van der Waals surface area contributed by atoms with Gasteiger partial charge in [0.2, 0.25) is 5.91 Å². The number of anilines is 1. The summed E-state index contributed by atoms with van der Waals surface area (Å²) in [5.74, 6) is 0.590. The molecule has 2 N–H and O–H groups in total. The Hall–Kier alpha value is -1.55. The second kappa shape index (κ2) is 6.27. The number of benzene rings is 1. The lowest BCUT2D eigenvalue weighted by Crippen LogP contribution is -2.50. The lowest BCUT2D eigenvalue weighted by Gasteiger charge is -2.37. The van der Waals surface area contributed by atoms with E-state index >= 15 is 0 Å². The Morgan fingerprint density at radius 3 is 2.45 bits per heavy atom. The predicted octanol–water partition coefficient (Wildman–Crippen LogP) is 1.73. The third-order valence-corrected chi connectivity index (χ3v) is 4.05. The number of hydrogen-bond acceptors (Lipinski definition) is 3. The van der Waals surface area contributed by atoms with Crippen molar-refractivity contribution in [2.75, 3.05) is 37.6 Å². The van der Waals surface area contributed by atoms with E-state index in [2.05, 4.69) is 43.9 Å². The highest BCUT2D eigenvalue weighted by Gasteiger charge is 2.21. The van der Waals surface area contributed by atoms with Gasteiger partial charge in [-0.2, -0.15) is 0 Å². The summed E-state index contributed by atoms with van der Waals surface area (Å²) in [7, 11) is 0. The number of nitrogens with zero attached hydrogens (tertiary/aromatic N) is 2. The van der Waals surface area contributed by atoms with Gasteiger partial charge in [-0.1, -0.05) is 26.0 Å². The van der Waals surface area contributed by atoms with Crippen LogP contribution in [0.3, 0.4) is 0 Å². The maximum Gasteiger partial charge on any atom is 0.236 e. The van der Waals surface area contributed by atoms with Crippen LogP contribution >= 0.6 is 0 Å². The molecular weight excluding hydrogens is 250 g/mol. The number of piperazine rings is 1. The first kappa shape index (κ1) is 14.9. The third kappa shape index (κ3) is 3.12. The van der Waals surface area contributed by atoms with Crippen LogP contribution in [0.25, 0.3) is 0 Å². The molecule has 1 heterocycles. The van der Waals surface area contributed by atoms with Gasteiger partial charge in [-0.05, 0) is 30.0 Å². The molecule has 1 aliphatic rings. The normalized spacial score (nSPS) is 15.8. The van der Waals surface area contributed by atoms with E-state index in [9.17, 15) is 4.79 Å². The Morgan fingerprint density at radius 2 is 1.90 bits per heavy atom. The second-order valence-corrected chi connectivity index (χ2v) is 5.77. The van der Waals surface area contributed by atoms with Crippen molar-refractivity contribution in [3.05, 3.63) is 29.3 Å². The summed E-state index contributed by atoms with van der Waals surface area (Å²) < 4.78 is 0. The molecule has 0 radical (unpaired) electrons. The molecule has 2 rings (SSSR count). The van der Waals surface area contributed by atoms with Crippen molar-refractivity contribution in [2.45, 2.75) is 26.7 Å². The number of nitrogens with two attached hydrogens (primary N) is 1. The Balaban J connectivity index is 2.10. The van der Waals surface area contributed by atoms with Crippen molar-refractivity contribution in [1.29, 1.82) is 0 Å². The molecule has 1 saturated heterocycles. The van der Waals surface area contributed by atoms with Crippen molar-refractivity contribution < 1.29 is 4.79 Å². The van der Waals surface area contributed by atoms with Crippen LogP contribution in [-0.2, 0) is 4.79 Å². The summed E-state index contributed by atoms with van der Waals surface area (Å²) in [4.78, 5) is 15.8. The Kier molecular flexibility index (Phi) is 4.65. The highest BCUT2D eigenvalue weighted by Crippen LogP contribution is 2.26. The summed E-state index contributed by atoms with van der Waals surface area (Å²) in [5, 5.41) is 0. The molecule has 1 amide bonds. The summed E-state index contributed by atoms with van der Waals surface area (Å²) in [5.41, 5.74) is 9.39. The molecule has 20 heavy (non-hydrogen) atoms. The summed E-state index contributed by atoms with van der Waals surface area (Å²) in [6.45, 7) is 9.99. The molecular formula is C16H25N3O. The zero-order chi connectivity index (χ0) is 14.7. The van der Waals surface area contributed by atoms with Gasteiger partial charge in [0.15, 0.2) is 0 Å². The average molecular weight is 275 g/mol. The molecule has 4 heteroatoms. The summed E-state index contributed by atoms with van der Waals surface area (Å²) in [6.07, 6.45) is 0. The predicted molar refractivity (Wildman–Crippen MR) is 83.1 cm³/mol. The SMILES string of the molecule is Cc1ccc(C(C)C)cc1N1CCN(C(=O)CN)CC1. The minimum atomic E-state index is 0.0531.